The van der Waals surface area contributed by atoms with E-state index in [-0.39, 0.29) is 0 Å². The molecule has 2 atom stereocenters. The molecular weight excluding hydrogens is 190 g/mol. The standard InChI is InChI=1S/C12H17NO2/c1-7-5-11(12(14)15)13(9(7)3)6-10-4-8(10)2/h5,8,10H,4,6H2,1-3H3,(H,14,15). The van der Waals surface area contributed by atoms with E-state index in [1.54, 1.807) is 6.07 Å². The van der Waals surface area contributed by atoms with Crippen LogP contribution < -0.4 is 0 Å². The molecule has 2 unspecified atom stereocenters. The molecule has 1 fully saturated rings. The van der Waals surface area contributed by atoms with E-state index in [2.05, 4.69) is 6.92 Å². The van der Waals surface area contributed by atoms with Crippen LogP contribution in [0.5, 0.6) is 0 Å². The van der Waals surface area contributed by atoms with Crippen molar-refractivity contribution < 1.29 is 9.90 Å². The Labute approximate surface area is 89.7 Å². The molecule has 1 saturated carbocycles. The van der Waals surface area contributed by atoms with Gasteiger partial charge in [0.25, 0.3) is 0 Å². The highest BCUT2D eigenvalue weighted by Crippen LogP contribution is 2.39. The number of hydrogen-bond acceptors (Lipinski definition) is 1. The second kappa shape index (κ2) is 3.40. The van der Waals surface area contributed by atoms with Crippen LogP contribution in [-0.4, -0.2) is 15.6 Å². The van der Waals surface area contributed by atoms with Gasteiger partial charge in [-0.2, -0.15) is 0 Å². The van der Waals surface area contributed by atoms with Crippen LogP contribution >= 0.6 is 0 Å². The van der Waals surface area contributed by atoms with Gasteiger partial charge in [0.15, 0.2) is 0 Å². The maximum Gasteiger partial charge on any atom is 0.352 e. The van der Waals surface area contributed by atoms with E-state index < -0.39 is 5.97 Å². The third kappa shape index (κ3) is 1.78. The molecule has 2 rings (SSSR count). The third-order valence-corrected chi connectivity index (χ3v) is 3.53. The summed E-state index contributed by atoms with van der Waals surface area (Å²) in [5.41, 5.74) is 2.59. The van der Waals surface area contributed by atoms with Crippen LogP contribution in [0.3, 0.4) is 0 Å². The van der Waals surface area contributed by atoms with Crippen molar-refractivity contribution in [2.75, 3.05) is 0 Å². The smallest absolute Gasteiger partial charge is 0.352 e. The number of carboxylic acid groups (broad SMARTS) is 1. The van der Waals surface area contributed by atoms with Gasteiger partial charge in [0.05, 0.1) is 0 Å². The molecule has 3 nitrogen and oxygen atoms in total. The minimum absolute atomic E-state index is 0.434. The van der Waals surface area contributed by atoms with Crippen molar-refractivity contribution in [3.8, 4) is 0 Å². The van der Waals surface area contributed by atoms with Gasteiger partial charge in [-0.1, -0.05) is 6.92 Å². The molecule has 82 valence electrons. The normalized spacial score (nSPS) is 24.2. The van der Waals surface area contributed by atoms with Gasteiger partial charge in [0, 0.05) is 12.2 Å². The highest BCUT2D eigenvalue weighted by molar-refractivity contribution is 5.86. The Bertz CT molecular complexity index is 406. The van der Waals surface area contributed by atoms with Gasteiger partial charge in [0.2, 0.25) is 0 Å². The predicted molar refractivity (Wildman–Crippen MR) is 58.1 cm³/mol. The van der Waals surface area contributed by atoms with Crippen LogP contribution in [0, 0.1) is 25.7 Å². The molecule has 0 amide bonds. The van der Waals surface area contributed by atoms with Gasteiger partial charge in [-0.25, -0.2) is 4.79 Å². The molecule has 15 heavy (non-hydrogen) atoms. The van der Waals surface area contributed by atoms with E-state index in [1.807, 2.05) is 18.4 Å². The molecule has 1 heterocycles. The number of rotatable bonds is 3. The first kappa shape index (κ1) is 10.3. The van der Waals surface area contributed by atoms with Gasteiger partial charge >= 0.3 is 5.97 Å². The molecule has 0 radical (unpaired) electrons. The summed E-state index contributed by atoms with van der Waals surface area (Å²) in [6, 6.07) is 1.77. The second-order valence-electron chi connectivity index (χ2n) is 4.69. The number of carboxylic acids is 1. The van der Waals surface area contributed by atoms with Crippen molar-refractivity contribution in [2.45, 2.75) is 33.7 Å². The minimum Gasteiger partial charge on any atom is -0.477 e. The number of hydrogen-bond donors (Lipinski definition) is 1. The topological polar surface area (TPSA) is 42.2 Å². The Morgan fingerprint density at radius 2 is 2.20 bits per heavy atom. The Balaban J connectivity index is 2.30. The zero-order valence-electron chi connectivity index (χ0n) is 9.45. The molecule has 1 aliphatic carbocycles. The fourth-order valence-corrected chi connectivity index (χ4v) is 2.08. The first-order valence-electron chi connectivity index (χ1n) is 5.40. The second-order valence-corrected chi connectivity index (χ2v) is 4.69. The summed E-state index contributed by atoms with van der Waals surface area (Å²) >= 11 is 0. The number of aromatic nitrogens is 1. The lowest BCUT2D eigenvalue weighted by atomic mass is 10.3. The van der Waals surface area contributed by atoms with Crippen LogP contribution in [0.15, 0.2) is 6.07 Å². The molecule has 1 aliphatic rings. The molecule has 0 spiro atoms. The molecule has 0 aromatic carbocycles. The molecule has 1 aromatic rings. The number of aromatic carboxylic acids is 1. The van der Waals surface area contributed by atoms with Crippen LogP contribution in [0.1, 0.15) is 35.1 Å². The predicted octanol–water partition coefficient (Wildman–Crippen LogP) is 2.46. The van der Waals surface area contributed by atoms with Crippen LogP contribution in [0.4, 0.5) is 0 Å². The fraction of sp³-hybridized carbons (Fsp3) is 0.583. The Morgan fingerprint density at radius 3 is 2.67 bits per heavy atom. The van der Waals surface area contributed by atoms with Crippen LogP contribution in [-0.2, 0) is 6.54 Å². The Kier molecular flexibility index (Phi) is 2.33. The summed E-state index contributed by atoms with van der Waals surface area (Å²) in [6.45, 7) is 7.04. The molecule has 0 saturated heterocycles. The zero-order chi connectivity index (χ0) is 11.2. The number of nitrogens with zero attached hydrogens (tertiary/aromatic N) is 1. The maximum absolute atomic E-state index is 11.0. The van der Waals surface area contributed by atoms with Crippen molar-refractivity contribution >= 4 is 5.97 Å². The summed E-state index contributed by atoms with van der Waals surface area (Å²) in [6.07, 6.45) is 1.23. The van der Waals surface area contributed by atoms with Gasteiger partial charge in [0.1, 0.15) is 5.69 Å². The van der Waals surface area contributed by atoms with E-state index >= 15 is 0 Å². The van der Waals surface area contributed by atoms with Gasteiger partial charge < -0.3 is 9.67 Å². The SMILES string of the molecule is Cc1cc(C(=O)O)n(CC2CC2C)c1C. The summed E-state index contributed by atoms with van der Waals surface area (Å²) < 4.78 is 1.95. The van der Waals surface area contributed by atoms with Crippen molar-refractivity contribution in [3.05, 3.63) is 23.0 Å². The quantitative estimate of drug-likeness (QED) is 0.827. The largest absolute Gasteiger partial charge is 0.477 e. The number of carbonyl (C=O) groups is 1. The number of aryl methyl sites for hydroxylation is 1. The molecule has 1 aromatic heterocycles. The molecular formula is C12H17NO2. The first-order valence-corrected chi connectivity index (χ1v) is 5.40. The lowest BCUT2D eigenvalue weighted by Crippen LogP contribution is -2.11. The Morgan fingerprint density at radius 1 is 1.60 bits per heavy atom. The van der Waals surface area contributed by atoms with E-state index in [9.17, 15) is 4.79 Å². The summed E-state index contributed by atoms with van der Waals surface area (Å²) in [5, 5.41) is 9.08. The molecule has 3 heteroatoms. The Hall–Kier alpha value is -1.25. The third-order valence-electron chi connectivity index (χ3n) is 3.53. The zero-order valence-corrected chi connectivity index (χ0v) is 9.45. The van der Waals surface area contributed by atoms with E-state index in [0.29, 0.717) is 11.6 Å². The highest BCUT2D eigenvalue weighted by Gasteiger charge is 2.33. The monoisotopic (exact) mass is 207 g/mol. The highest BCUT2D eigenvalue weighted by atomic mass is 16.4. The van der Waals surface area contributed by atoms with Crippen LogP contribution in [0.25, 0.3) is 0 Å². The van der Waals surface area contributed by atoms with Crippen molar-refractivity contribution in [3.63, 3.8) is 0 Å². The summed E-state index contributed by atoms with van der Waals surface area (Å²) in [5.74, 6) is 0.613. The lowest BCUT2D eigenvalue weighted by Gasteiger charge is -2.08. The maximum atomic E-state index is 11.0. The average molecular weight is 207 g/mol. The molecule has 0 aliphatic heterocycles. The lowest BCUT2D eigenvalue weighted by molar-refractivity contribution is 0.0684. The first-order chi connectivity index (χ1) is 7.00. The van der Waals surface area contributed by atoms with Crippen molar-refractivity contribution in [1.82, 2.24) is 4.57 Å². The van der Waals surface area contributed by atoms with Crippen LogP contribution in [0.2, 0.25) is 0 Å². The summed E-state index contributed by atoms with van der Waals surface area (Å²) in [4.78, 5) is 11.0. The summed E-state index contributed by atoms with van der Waals surface area (Å²) in [7, 11) is 0. The fourth-order valence-electron chi connectivity index (χ4n) is 2.08. The van der Waals surface area contributed by atoms with Gasteiger partial charge in [-0.3, -0.25) is 0 Å². The molecule has 1 N–H and O–H groups in total. The van der Waals surface area contributed by atoms with E-state index in [1.165, 1.54) is 6.42 Å². The van der Waals surface area contributed by atoms with E-state index in [4.69, 9.17) is 5.11 Å². The average Bonchev–Trinajstić information content (AvgIpc) is 2.77. The van der Waals surface area contributed by atoms with E-state index in [0.717, 1.165) is 23.7 Å². The van der Waals surface area contributed by atoms with Crippen molar-refractivity contribution in [1.29, 1.82) is 0 Å². The van der Waals surface area contributed by atoms with Crippen molar-refractivity contribution in [2.24, 2.45) is 11.8 Å². The van der Waals surface area contributed by atoms with Gasteiger partial charge in [-0.15, -0.1) is 0 Å². The van der Waals surface area contributed by atoms with Gasteiger partial charge in [-0.05, 0) is 43.7 Å². The molecule has 0 bridgehead atoms. The minimum atomic E-state index is -0.820.